The second-order valence-corrected chi connectivity index (χ2v) is 4.95. The van der Waals surface area contributed by atoms with Crippen molar-refractivity contribution >= 4 is 15.9 Å². The van der Waals surface area contributed by atoms with Crippen LogP contribution in [0.4, 0.5) is 0 Å². The van der Waals surface area contributed by atoms with E-state index in [0.29, 0.717) is 0 Å². The first kappa shape index (κ1) is 12.3. The number of nitrogens with two attached hydrogens (primary N) is 1. The number of rotatable bonds is 3. The number of hydrogen-bond acceptors (Lipinski definition) is 1. The highest BCUT2D eigenvalue weighted by Gasteiger charge is 2.11. The maximum atomic E-state index is 6.31. The van der Waals surface area contributed by atoms with Crippen LogP contribution in [0.3, 0.4) is 0 Å². The van der Waals surface area contributed by atoms with Crippen molar-refractivity contribution < 1.29 is 0 Å². The Morgan fingerprint density at radius 2 is 1.88 bits per heavy atom. The first-order valence-electron chi connectivity index (χ1n) is 5.81. The van der Waals surface area contributed by atoms with E-state index in [1.807, 2.05) is 18.2 Å². The van der Waals surface area contributed by atoms with Gasteiger partial charge in [-0.1, -0.05) is 65.3 Å². The fraction of sp³-hybridized carbons (Fsp3) is 0.200. The highest BCUT2D eigenvalue weighted by atomic mass is 79.9. The molecule has 1 atom stereocenters. The summed E-state index contributed by atoms with van der Waals surface area (Å²) in [5, 5.41) is 0. The van der Waals surface area contributed by atoms with E-state index in [4.69, 9.17) is 5.73 Å². The van der Waals surface area contributed by atoms with E-state index in [-0.39, 0.29) is 6.04 Å². The molecule has 0 bridgehead atoms. The monoisotopic (exact) mass is 289 g/mol. The van der Waals surface area contributed by atoms with Crippen LogP contribution in [0.2, 0.25) is 0 Å². The standard InChI is InChI=1S/C15H16BrN/c1-2-11-6-5-7-12(10-11)15(17)13-8-3-4-9-14(13)16/h3-10,15H,2,17H2,1H3. The largest absolute Gasteiger partial charge is 0.320 e. The maximum absolute atomic E-state index is 6.31. The summed E-state index contributed by atoms with van der Waals surface area (Å²) in [5.74, 6) is 0. The maximum Gasteiger partial charge on any atom is 0.0562 e. The molecule has 0 spiro atoms. The number of aryl methyl sites for hydroxylation is 1. The van der Waals surface area contributed by atoms with Crippen LogP contribution in [-0.4, -0.2) is 0 Å². The summed E-state index contributed by atoms with van der Waals surface area (Å²) >= 11 is 3.55. The van der Waals surface area contributed by atoms with Crippen LogP contribution in [0.25, 0.3) is 0 Å². The number of halogens is 1. The van der Waals surface area contributed by atoms with E-state index >= 15 is 0 Å². The van der Waals surface area contributed by atoms with Crippen LogP contribution in [-0.2, 0) is 6.42 Å². The summed E-state index contributed by atoms with van der Waals surface area (Å²) in [6.07, 6.45) is 1.04. The lowest BCUT2D eigenvalue weighted by atomic mass is 9.97. The molecule has 0 aliphatic carbocycles. The predicted molar refractivity (Wildman–Crippen MR) is 76.0 cm³/mol. The van der Waals surface area contributed by atoms with E-state index in [1.165, 1.54) is 5.56 Å². The Hall–Kier alpha value is -1.12. The quantitative estimate of drug-likeness (QED) is 0.906. The van der Waals surface area contributed by atoms with Crippen molar-refractivity contribution in [3.05, 3.63) is 69.7 Å². The van der Waals surface area contributed by atoms with Crippen molar-refractivity contribution in [1.82, 2.24) is 0 Å². The fourth-order valence-corrected chi connectivity index (χ4v) is 2.44. The number of hydrogen-bond donors (Lipinski definition) is 1. The molecule has 0 aromatic heterocycles. The molecule has 0 heterocycles. The molecule has 1 nitrogen and oxygen atoms in total. The van der Waals surface area contributed by atoms with Gasteiger partial charge in [0.15, 0.2) is 0 Å². The Labute approximate surface area is 111 Å². The zero-order valence-corrected chi connectivity index (χ0v) is 11.4. The van der Waals surface area contributed by atoms with Gasteiger partial charge in [-0.15, -0.1) is 0 Å². The third kappa shape index (κ3) is 2.76. The highest BCUT2D eigenvalue weighted by Crippen LogP contribution is 2.26. The predicted octanol–water partition coefficient (Wildman–Crippen LogP) is 4.06. The second kappa shape index (κ2) is 5.48. The van der Waals surface area contributed by atoms with E-state index in [2.05, 4.69) is 53.2 Å². The van der Waals surface area contributed by atoms with Gasteiger partial charge in [0, 0.05) is 4.47 Å². The van der Waals surface area contributed by atoms with Crippen LogP contribution >= 0.6 is 15.9 Å². The highest BCUT2D eigenvalue weighted by molar-refractivity contribution is 9.10. The molecule has 0 aliphatic rings. The van der Waals surface area contributed by atoms with Gasteiger partial charge in [0.1, 0.15) is 0 Å². The molecule has 0 aliphatic heterocycles. The lowest BCUT2D eigenvalue weighted by Gasteiger charge is -2.15. The summed E-state index contributed by atoms with van der Waals surface area (Å²) in [6.45, 7) is 2.16. The van der Waals surface area contributed by atoms with Crippen molar-refractivity contribution in [3.63, 3.8) is 0 Å². The van der Waals surface area contributed by atoms with Crippen LogP contribution in [0, 0.1) is 0 Å². The van der Waals surface area contributed by atoms with E-state index in [0.717, 1.165) is 22.0 Å². The third-order valence-electron chi connectivity index (χ3n) is 2.96. The average Bonchev–Trinajstić information content (AvgIpc) is 2.38. The van der Waals surface area contributed by atoms with E-state index in [1.54, 1.807) is 0 Å². The summed E-state index contributed by atoms with van der Waals surface area (Å²) in [5.41, 5.74) is 9.92. The zero-order chi connectivity index (χ0) is 12.3. The lowest BCUT2D eigenvalue weighted by Crippen LogP contribution is -2.12. The van der Waals surface area contributed by atoms with Crippen LogP contribution in [0.5, 0.6) is 0 Å². The zero-order valence-electron chi connectivity index (χ0n) is 9.86. The fourth-order valence-electron chi connectivity index (χ4n) is 1.91. The van der Waals surface area contributed by atoms with Gasteiger partial charge in [-0.3, -0.25) is 0 Å². The molecule has 0 saturated heterocycles. The van der Waals surface area contributed by atoms with Gasteiger partial charge < -0.3 is 5.73 Å². The molecule has 17 heavy (non-hydrogen) atoms. The topological polar surface area (TPSA) is 26.0 Å². The van der Waals surface area contributed by atoms with Crippen molar-refractivity contribution in [3.8, 4) is 0 Å². The molecule has 0 radical (unpaired) electrons. The van der Waals surface area contributed by atoms with Gasteiger partial charge in [0.25, 0.3) is 0 Å². The minimum atomic E-state index is -0.0722. The molecule has 0 amide bonds. The minimum absolute atomic E-state index is 0.0722. The Bertz CT molecular complexity index is 508. The van der Waals surface area contributed by atoms with Gasteiger partial charge >= 0.3 is 0 Å². The Morgan fingerprint density at radius 1 is 1.12 bits per heavy atom. The molecule has 2 aromatic rings. The van der Waals surface area contributed by atoms with Gasteiger partial charge in [-0.2, -0.15) is 0 Å². The Kier molecular flexibility index (Phi) is 3.97. The normalized spacial score (nSPS) is 12.4. The average molecular weight is 290 g/mol. The Balaban J connectivity index is 2.37. The molecular weight excluding hydrogens is 274 g/mol. The van der Waals surface area contributed by atoms with E-state index in [9.17, 15) is 0 Å². The molecule has 88 valence electrons. The first-order valence-corrected chi connectivity index (χ1v) is 6.60. The molecule has 1 unspecified atom stereocenters. The smallest absolute Gasteiger partial charge is 0.0562 e. The third-order valence-corrected chi connectivity index (χ3v) is 3.68. The molecule has 2 N–H and O–H groups in total. The second-order valence-electron chi connectivity index (χ2n) is 4.10. The van der Waals surface area contributed by atoms with E-state index < -0.39 is 0 Å². The van der Waals surface area contributed by atoms with Gasteiger partial charge in [-0.05, 0) is 29.2 Å². The molecule has 0 fully saturated rings. The van der Waals surface area contributed by atoms with Crippen LogP contribution < -0.4 is 5.73 Å². The lowest BCUT2D eigenvalue weighted by molar-refractivity contribution is 0.862. The Morgan fingerprint density at radius 3 is 2.59 bits per heavy atom. The van der Waals surface area contributed by atoms with Gasteiger partial charge in [-0.25, -0.2) is 0 Å². The summed E-state index contributed by atoms with van der Waals surface area (Å²) in [7, 11) is 0. The molecule has 2 rings (SSSR count). The molecule has 2 heteroatoms. The summed E-state index contributed by atoms with van der Waals surface area (Å²) in [4.78, 5) is 0. The summed E-state index contributed by atoms with van der Waals surface area (Å²) < 4.78 is 1.06. The molecular formula is C15H16BrN. The summed E-state index contributed by atoms with van der Waals surface area (Å²) in [6, 6.07) is 16.5. The van der Waals surface area contributed by atoms with Crippen LogP contribution in [0.1, 0.15) is 29.7 Å². The van der Waals surface area contributed by atoms with Crippen molar-refractivity contribution in [2.75, 3.05) is 0 Å². The van der Waals surface area contributed by atoms with Crippen molar-refractivity contribution in [2.45, 2.75) is 19.4 Å². The first-order chi connectivity index (χ1) is 8.22. The van der Waals surface area contributed by atoms with Gasteiger partial charge in [0.2, 0.25) is 0 Å². The minimum Gasteiger partial charge on any atom is -0.320 e. The molecule has 2 aromatic carbocycles. The van der Waals surface area contributed by atoms with Crippen molar-refractivity contribution in [1.29, 1.82) is 0 Å². The molecule has 0 saturated carbocycles. The SMILES string of the molecule is CCc1cccc(C(N)c2ccccc2Br)c1. The number of benzene rings is 2. The van der Waals surface area contributed by atoms with Gasteiger partial charge in [0.05, 0.1) is 6.04 Å². The van der Waals surface area contributed by atoms with Crippen LogP contribution in [0.15, 0.2) is 53.0 Å². The van der Waals surface area contributed by atoms with Crippen molar-refractivity contribution in [2.24, 2.45) is 5.73 Å².